The van der Waals surface area contributed by atoms with Gasteiger partial charge in [-0.1, -0.05) is 171 Å². The average Bonchev–Trinajstić information content (AvgIpc) is 3.53. The van der Waals surface area contributed by atoms with Crippen LogP contribution in [0.15, 0.2) is 54.6 Å². The molecule has 0 saturated carbocycles. The Kier molecular flexibility index (Phi) is 27.3. The lowest BCUT2D eigenvalue weighted by Crippen LogP contribution is -2.35. The number of allylic oxidation sites excluding steroid dienone is 4. The zero-order chi connectivity index (χ0) is 37.5. The maximum atomic E-state index is 12.8. The van der Waals surface area contributed by atoms with Crippen LogP contribution in [0.25, 0.3) is 0 Å². The van der Waals surface area contributed by atoms with Crippen LogP contribution in [0, 0.1) is 23.7 Å². The van der Waals surface area contributed by atoms with Crippen molar-refractivity contribution in [2.24, 2.45) is 23.7 Å². The minimum absolute atomic E-state index is 0.135. The predicted octanol–water partition coefficient (Wildman–Crippen LogP) is 13.4. The Balaban J connectivity index is 1.82. The second-order valence-corrected chi connectivity index (χ2v) is 15.9. The summed E-state index contributed by atoms with van der Waals surface area (Å²) in [6.45, 7) is 6.59. The van der Waals surface area contributed by atoms with Gasteiger partial charge in [0.25, 0.3) is 0 Å². The fourth-order valence-corrected chi connectivity index (χ4v) is 8.32. The summed E-state index contributed by atoms with van der Waals surface area (Å²) in [4.78, 5) is 27.9. The van der Waals surface area contributed by atoms with Crippen LogP contribution >= 0.6 is 0 Å². The van der Waals surface area contributed by atoms with E-state index in [9.17, 15) is 19.8 Å². The van der Waals surface area contributed by atoms with Gasteiger partial charge < -0.3 is 10.2 Å². The van der Waals surface area contributed by atoms with Crippen LogP contribution in [-0.4, -0.2) is 40.1 Å². The number of carboxylic acid groups (broad SMARTS) is 2. The first-order valence-corrected chi connectivity index (χ1v) is 22.0. The number of hydrogen-bond acceptors (Lipinski definition) is 3. The molecule has 1 fully saturated rings. The van der Waals surface area contributed by atoms with Crippen molar-refractivity contribution in [3.63, 3.8) is 0 Å². The molecule has 2 unspecified atom stereocenters. The number of likely N-dealkylation sites (tertiary alicyclic amines) is 1. The first-order valence-electron chi connectivity index (χ1n) is 22.0. The lowest BCUT2D eigenvalue weighted by atomic mass is 9.73. The topological polar surface area (TPSA) is 77.8 Å². The smallest absolute Gasteiger partial charge is 0.306 e. The Hall–Kier alpha value is -2.40. The molecular weight excluding hydrogens is 643 g/mol. The molecule has 52 heavy (non-hydrogen) atoms. The van der Waals surface area contributed by atoms with Gasteiger partial charge in [0.2, 0.25) is 0 Å². The maximum Gasteiger partial charge on any atom is 0.306 e. The molecule has 1 aromatic rings. The summed E-state index contributed by atoms with van der Waals surface area (Å²) in [5.74, 6) is -2.75. The van der Waals surface area contributed by atoms with E-state index >= 15 is 0 Å². The largest absolute Gasteiger partial charge is 0.481 e. The Bertz CT molecular complexity index is 1000. The van der Waals surface area contributed by atoms with Gasteiger partial charge in [-0.05, 0) is 81.6 Å². The molecule has 0 aliphatic carbocycles. The molecule has 0 aromatic heterocycles. The van der Waals surface area contributed by atoms with Crippen molar-refractivity contribution in [2.75, 3.05) is 13.1 Å². The number of rotatable bonds is 34. The molecule has 2 N–H and O–H groups in total. The normalized spacial score (nSPS) is 17.7. The van der Waals surface area contributed by atoms with Gasteiger partial charge in [0, 0.05) is 19.6 Å². The number of benzene rings is 1. The average molecular weight is 722 g/mol. The van der Waals surface area contributed by atoms with Crippen LogP contribution in [0.5, 0.6) is 0 Å². The molecule has 1 saturated heterocycles. The van der Waals surface area contributed by atoms with Crippen LogP contribution in [0.2, 0.25) is 0 Å². The summed E-state index contributed by atoms with van der Waals surface area (Å²) in [5, 5.41) is 21.0. The van der Waals surface area contributed by atoms with E-state index in [0.717, 1.165) is 70.8 Å². The van der Waals surface area contributed by atoms with Gasteiger partial charge >= 0.3 is 11.9 Å². The standard InChI is InChI=1S/C47H79NO4/c1-3-5-7-9-11-13-15-17-19-21-23-25-27-32-36-42(46(49)50)44-39-48(38-41-34-30-29-31-35-41)40-45(44)43(47(51)52)37-33-28-26-24-22-20-18-16-14-12-10-8-6-4-2/h17-20,29-31,34-35,42-45H,3-16,21-28,32-33,36-40H2,1-2H3,(H,49,50)(H,51,52)/b19-17-,20-18-/t42?,43?,44-,45-/m0/s1. The molecule has 0 spiro atoms. The molecule has 5 nitrogen and oxygen atoms in total. The van der Waals surface area contributed by atoms with Crippen LogP contribution in [0.3, 0.4) is 0 Å². The number of aliphatic carboxylic acids is 2. The van der Waals surface area contributed by atoms with Crippen LogP contribution in [0.1, 0.15) is 186 Å². The summed E-state index contributed by atoms with van der Waals surface area (Å²) in [7, 11) is 0. The third kappa shape index (κ3) is 21.3. The van der Waals surface area contributed by atoms with Crippen molar-refractivity contribution in [3.8, 4) is 0 Å². The molecule has 1 aliphatic heterocycles. The first-order chi connectivity index (χ1) is 25.5. The van der Waals surface area contributed by atoms with Crippen LogP contribution in [0.4, 0.5) is 0 Å². The van der Waals surface area contributed by atoms with Crippen molar-refractivity contribution in [1.29, 1.82) is 0 Å². The molecule has 1 aliphatic rings. The molecule has 1 aromatic carbocycles. The second-order valence-electron chi connectivity index (χ2n) is 15.9. The summed E-state index contributed by atoms with van der Waals surface area (Å²) in [6, 6.07) is 10.3. The van der Waals surface area contributed by atoms with Crippen molar-refractivity contribution in [1.82, 2.24) is 4.90 Å². The third-order valence-corrected chi connectivity index (χ3v) is 11.5. The van der Waals surface area contributed by atoms with Crippen molar-refractivity contribution < 1.29 is 19.8 Å². The van der Waals surface area contributed by atoms with Gasteiger partial charge in [-0.25, -0.2) is 0 Å². The Labute approximate surface area is 320 Å². The Morgan fingerprint density at radius 1 is 0.558 bits per heavy atom. The van der Waals surface area contributed by atoms with Gasteiger partial charge in [-0.2, -0.15) is 0 Å². The molecule has 0 bridgehead atoms. The fourth-order valence-electron chi connectivity index (χ4n) is 8.32. The van der Waals surface area contributed by atoms with E-state index in [4.69, 9.17) is 0 Å². The predicted molar refractivity (Wildman–Crippen MR) is 221 cm³/mol. The minimum atomic E-state index is -0.747. The van der Waals surface area contributed by atoms with Gasteiger partial charge in [0.1, 0.15) is 0 Å². The lowest BCUT2D eigenvalue weighted by molar-refractivity contribution is -0.149. The van der Waals surface area contributed by atoms with Gasteiger partial charge in [0.05, 0.1) is 11.8 Å². The number of carboxylic acids is 2. The van der Waals surface area contributed by atoms with Gasteiger partial charge in [0.15, 0.2) is 0 Å². The Morgan fingerprint density at radius 2 is 0.904 bits per heavy atom. The summed E-state index contributed by atoms with van der Waals surface area (Å²) >= 11 is 0. The van der Waals surface area contributed by atoms with Crippen molar-refractivity contribution in [3.05, 3.63) is 60.2 Å². The summed E-state index contributed by atoms with van der Waals surface area (Å²) in [5.41, 5.74) is 1.20. The molecule has 296 valence electrons. The van der Waals surface area contributed by atoms with E-state index in [2.05, 4.69) is 55.2 Å². The van der Waals surface area contributed by atoms with Crippen molar-refractivity contribution >= 4 is 11.9 Å². The number of carbonyl (C=O) groups is 2. The van der Waals surface area contributed by atoms with Crippen LogP contribution in [-0.2, 0) is 16.1 Å². The Morgan fingerprint density at radius 3 is 1.27 bits per heavy atom. The molecule has 0 amide bonds. The monoisotopic (exact) mass is 722 g/mol. The minimum Gasteiger partial charge on any atom is -0.481 e. The summed E-state index contributed by atoms with van der Waals surface area (Å²) in [6.07, 6.45) is 39.7. The SMILES string of the molecule is CCCCCCCC/C=C\CCCCCCC(C(=O)O)[C@@H]1CN(Cc2ccccc2)C[C@H]1C(CCCCCC/C=C\CCCCCCCC)C(=O)O. The van der Waals surface area contributed by atoms with Crippen LogP contribution < -0.4 is 0 Å². The zero-order valence-corrected chi connectivity index (χ0v) is 33.7. The highest BCUT2D eigenvalue weighted by molar-refractivity contribution is 5.72. The quantitative estimate of drug-likeness (QED) is 0.0547. The van der Waals surface area contributed by atoms with E-state index < -0.39 is 23.8 Å². The number of hydrogen-bond donors (Lipinski definition) is 2. The molecule has 4 atom stereocenters. The van der Waals surface area contributed by atoms with Gasteiger partial charge in [-0.15, -0.1) is 0 Å². The first kappa shape index (κ1) is 45.8. The van der Waals surface area contributed by atoms with E-state index in [1.54, 1.807) is 0 Å². The molecule has 1 heterocycles. The number of nitrogens with zero attached hydrogens (tertiary/aromatic N) is 1. The molecule has 0 radical (unpaired) electrons. The van der Waals surface area contributed by atoms with Crippen molar-refractivity contribution in [2.45, 2.75) is 187 Å². The lowest BCUT2D eigenvalue weighted by Gasteiger charge is -2.29. The number of unbranched alkanes of at least 4 members (excludes halogenated alkanes) is 20. The molecule has 5 heteroatoms. The zero-order valence-electron chi connectivity index (χ0n) is 33.7. The highest BCUT2D eigenvalue weighted by Gasteiger charge is 2.45. The molecular formula is C47H79NO4. The van der Waals surface area contributed by atoms with E-state index in [0.29, 0.717) is 25.9 Å². The van der Waals surface area contributed by atoms with E-state index in [-0.39, 0.29) is 11.8 Å². The summed E-state index contributed by atoms with van der Waals surface area (Å²) < 4.78 is 0. The highest BCUT2D eigenvalue weighted by Crippen LogP contribution is 2.40. The van der Waals surface area contributed by atoms with Gasteiger partial charge in [-0.3, -0.25) is 14.5 Å². The van der Waals surface area contributed by atoms with E-state index in [1.807, 2.05) is 18.2 Å². The third-order valence-electron chi connectivity index (χ3n) is 11.5. The second kappa shape index (κ2) is 31.0. The highest BCUT2D eigenvalue weighted by atomic mass is 16.4. The van der Waals surface area contributed by atoms with E-state index in [1.165, 1.54) is 95.5 Å². The molecule has 2 rings (SSSR count). The fraction of sp³-hybridized carbons (Fsp3) is 0.745. The maximum absolute atomic E-state index is 12.8.